The Morgan fingerprint density at radius 1 is 1.44 bits per heavy atom. The molecular formula is C11H12N2O3. The van der Waals surface area contributed by atoms with E-state index in [1.807, 2.05) is 0 Å². The summed E-state index contributed by atoms with van der Waals surface area (Å²) in [6, 6.07) is 6.85. The molecule has 0 aromatic heterocycles. The van der Waals surface area contributed by atoms with E-state index < -0.39 is 6.09 Å². The first-order valence-corrected chi connectivity index (χ1v) is 5.07. The number of nitrogens with zero attached hydrogens (tertiary/aromatic N) is 1. The van der Waals surface area contributed by atoms with E-state index in [9.17, 15) is 9.59 Å². The average molecular weight is 220 g/mol. The first-order chi connectivity index (χ1) is 7.66. The summed E-state index contributed by atoms with van der Waals surface area (Å²) >= 11 is 0. The summed E-state index contributed by atoms with van der Waals surface area (Å²) in [5, 5.41) is 10.8. The van der Waals surface area contributed by atoms with Gasteiger partial charge in [-0.1, -0.05) is 6.07 Å². The number of carboxylic acid groups (broad SMARTS) is 1. The SMILES string of the molecule is O=C(O)Nc1cccc(N2CCCC2=O)c1. The lowest BCUT2D eigenvalue weighted by molar-refractivity contribution is -0.117. The van der Waals surface area contributed by atoms with Crippen LogP contribution in [0, 0.1) is 0 Å². The quantitative estimate of drug-likeness (QED) is 0.799. The Labute approximate surface area is 92.7 Å². The van der Waals surface area contributed by atoms with Crippen molar-refractivity contribution in [2.75, 3.05) is 16.8 Å². The van der Waals surface area contributed by atoms with Crippen LogP contribution in [0.2, 0.25) is 0 Å². The van der Waals surface area contributed by atoms with E-state index in [-0.39, 0.29) is 5.91 Å². The molecule has 1 aliphatic rings. The van der Waals surface area contributed by atoms with E-state index in [1.54, 1.807) is 29.2 Å². The van der Waals surface area contributed by atoms with E-state index in [0.29, 0.717) is 18.7 Å². The maximum absolute atomic E-state index is 11.5. The lowest BCUT2D eigenvalue weighted by Crippen LogP contribution is -2.23. The molecule has 2 N–H and O–H groups in total. The predicted molar refractivity (Wildman–Crippen MR) is 59.7 cm³/mol. The van der Waals surface area contributed by atoms with Crippen LogP contribution in [0.3, 0.4) is 0 Å². The third-order valence-electron chi connectivity index (χ3n) is 2.48. The van der Waals surface area contributed by atoms with Crippen molar-refractivity contribution in [1.29, 1.82) is 0 Å². The van der Waals surface area contributed by atoms with Crippen molar-refractivity contribution in [3.05, 3.63) is 24.3 Å². The second-order valence-electron chi connectivity index (χ2n) is 3.63. The van der Waals surface area contributed by atoms with Crippen LogP contribution < -0.4 is 10.2 Å². The molecule has 16 heavy (non-hydrogen) atoms. The van der Waals surface area contributed by atoms with Gasteiger partial charge in [-0.15, -0.1) is 0 Å². The molecule has 0 aliphatic carbocycles. The van der Waals surface area contributed by atoms with Crippen molar-refractivity contribution in [1.82, 2.24) is 0 Å². The molecule has 0 spiro atoms. The standard InChI is InChI=1S/C11H12N2O3/c14-10-5-2-6-13(10)9-4-1-3-8(7-9)12-11(15)16/h1,3-4,7,12H,2,5-6H2,(H,15,16). The molecule has 5 nitrogen and oxygen atoms in total. The largest absolute Gasteiger partial charge is 0.465 e. The zero-order chi connectivity index (χ0) is 11.5. The Morgan fingerprint density at radius 3 is 2.88 bits per heavy atom. The number of carbonyl (C=O) groups is 2. The minimum atomic E-state index is -1.11. The minimum absolute atomic E-state index is 0.0903. The molecule has 84 valence electrons. The van der Waals surface area contributed by atoms with Crippen molar-refractivity contribution in [2.24, 2.45) is 0 Å². The molecule has 2 amide bonds. The van der Waals surface area contributed by atoms with E-state index in [0.717, 1.165) is 12.1 Å². The van der Waals surface area contributed by atoms with Crippen LogP contribution in [0.1, 0.15) is 12.8 Å². The van der Waals surface area contributed by atoms with Gasteiger partial charge in [0.05, 0.1) is 0 Å². The maximum atomic E-state index is 11.5. The van der Waals surface area contributed by atoms with Crippen molar-refractivity contribution < 1.29 is 14.7 Å². The van der Waals surface area contributed by atoms with Gasteiger partial charge in [-0.05, 0) is 24.6 Å². The molecule has 1 heterocycles. The Kier molecular flexibility index (Phi) is 2.76. The molecule has 0 unspecified atom stereocenters. The summed E-state index contributed by atoms with van der Waals surface area (Å²) in [6.07, 6.45) is 0.316. The number of anilines is 2. The predicted octanol–water partition coefficient (Wildman–Crippen LogP) is 1.90. The van der Waals surface area contributed by atoms with Gasteiger partial charge in [0.25, 0.3) is 0 Å². The molecular weight excluding hydrogens is 208 g/mol. The Hall–Kier alpha value is -2.04. The second kappa shape index (κ2) is 4.22. The molecule has 0 radical (unpaired) electrons. The first kappa shape index (κ1) is 10.5. The van der Waals surface area contributed by atoms with E-state index in [1.165, 1.54) is 0 Å². The maximum Gasteiger partial charge on any atom is 0.409 e. The molecule has 1 aromatic rings. The summed E-state index contributed by atoms with van der Waals surface area (Å²) in [5.41, 5.74) is 1.22. The third kappa shape index (κ3) is 2.13. The third-order valence-corrected chi connectivity index (χ3v) is 2.48. The summed E-state index contributed by atoms with van der Waals surface area (Å²) in [4.78, 5) is 23.6. The molecule has 5 heteroatoms. The van der Waals surface area contributed by atoms with Crippen LogP contribution >= 0.6 is 0 Å². The number of amides is 2. The van der Waals surface area contributed by atoms with Gasteiger partial charge in [-0.3, -0.25) is 10.1 Å². The molecule has 0 atom stereocenters. The van der Waals surface area contributed by atoms with Crippen LogP contribution in [0.5, 0.6) is 0 Å². The monoisotopic (exact) mass is 220 g/mol. The van der Waals surface area contributed by atoms with Crippen molar-refractivity contribution >= 4 is 23.4 Å². The van der Waals surface area contributed by atoms with Gasteiger partial charge in [0.15, 0.2) is 0 Å². The van der Waals surface area contributed by atoms with Crippen LogP contribution in [0.25, 0.3) is 0 Å². The Morgan fingerprint density at radius 2 is 2.25 bits per heavy atom. The molecule has 1 saturated heterocycles. The summed E-state index contributed by atoms with van der Waals surface area (Å²) in [6.45, 7) is 0.704. The van der Waals surface area contributed by atoms with Crippen molar-refractivity contribution in [2.45, 2.75) is 12.8 Å². The highest BCUT2D eigenvalue weighted by Gasteiger charge is 2.21. The Balaban J connectivity index is 2.21. The van der Waals surface area contributed by atoms with Gasteiger partial charge in [0.2, 0.25) is 5.91 Å². The lowest BCUT2D eigenvalue weighted by atomic mass is 10.2. The molecule has 1 aliphatic heterocycles. The number of hydrogen-bond acceptors (Lipinski definition) is 2. The van der Waals surface area contributed by atoms with Gasteiger partial charge < -0.3 is 10.0 Å². The second-order valence-corrected chi connectivity index (χ2v) is 3.63. The smallest absolute Gasteiger partial charge is 0.409 e. The van der Waals surface area contributed by atoms with Gasteiger partial charge in [-0.25, -0.2) is 4.79 Å². The molecule has 0 saturated carbocycles. The fraction of sp³-hybridized carbons (Fsp3) is 0.273. The van der Waals surface area contributed by atoms with Gasteiger partial charge in [0, 0.05) is 24.3 Å². The van der Waals surface area contributed by atoms with Crippen LogP contribution in [0.4, 0.5) is 16.2 Å². The number of benzene rings is 1. The number of rotatable bonds is 2. The summed E-state index contributed by atoms with van der Waals surface area (Å²) in [5.74, 6) is 0.0903. The lowest BCUT2D eigenvalue weighted by Gasteiger charge is -2.16. The molecule has 0 bridgehead atoms. The molecule has 2 rings (SSSR count). The van der Waals surface area contributed by atoms with Gasteiger partial charge in [-0.2, -0.15) is 0 Å². The zero-order valence-electron chi connectivity index (χ0n) is 8.64. The Bertz CT molecular complexity index is 431. The van der Waals surface area contributed by atoms with Crippen molar-refractivity contribution in [3.63, 3.8) is 0 Å². The van der Waals surface area contributed by atoms with Crippen LogP contribution in [-0.4, -0.2) is 23.7 Å². The van der Waals surface area contributed by atoms with Crippen LogP contribution in [0.15, 0.2) is 24.3 Å². The number of carbonyl (C=O) groups excluding carboxylic acids is 1. The van der Waals surface area contributed by atoms with E-state index >= 15 is 0 Å². The van der Waals surface area contributed by atoms with Gasteiger partial charge in [0.1, 0.15) is 0 Å². The summed E-state index contributed by atoms with van der Waals surface area (Å²) in [7, 11) is 0. The normalized spacial score (nSPS) is 15.2. The topological polar surface area (TPSA) is 69.6 Å². The number of hydrogen-bond donors (Lipinski definition) is 2. The first-order valence-electron chi connectivity index (χ1n) is 5.07. The van der Waals surface area contributed by atoms with Crippen LogP contribution in [-0.2, 0) is 4.79 Å². The fourth-order valence-electron chi connectivity index (χ4n) is 1.80. The fourth-order valence-corrected chi connectivity index (χ4v) is 1.80. The molecule has 1 fully saturated rings. The highest BCUT2D eigenvalue weighted by atomic mass is 16.4. The highest BCUT2D eigenvalue weighted by Crippen LogP contribution is 2.24. The molecule has 1 aromatic carbocycles. The average Bonchev–Trinajstić information content (AvgIpc) is 2.64. The highest BCUT2D eigenvalue weighted by molar-refractivity contribution is 5.96. The zero-order valence-corrected chi connectivity index (χ0v) is 8.64. The summed E-state index contributed by atoms with van der Waals surface area (Å²) < 4.78 is 0. The van der Waals surface area contributed by atoms with Gasteiger partial charge >= 0.3 is 6.09 Å². The minimum Gasteiger partial charge on any atom is -0.465 e. The van der Waals surface area contributed by atoms with E-state index in [4.69, 9.17) is 5.11 Å². The van der Waals surface area contributed by atoms with Crippen molar-refractivity contribution in [3.8, 4) is 0 Å². The van der Waals surface area contributed by atoms with E-state index in [2.05, 4.69) is 5.32 Å². The number of nitrogens with one attached hydrogen (secondary N) is 1.